The summed E-state index contributed by atoms with van der Waals surface area (Å²) in [5.74, 6) is -0.749. The Labute approximate surface area is 122 Å². The molecule has 0 radical (unpaired) electrons. The summed E-state index contributed by atoms with van der Waals surface area (Å²) < 4.78 is 19.4. The van der Waals surface area contributed by atoms with E-state index in [9.17, 15) is 9.18 Å². The molecule has 1 aliphatic rings. The minimum absolute atomic E-state index is 0.107. The summed E-state index contributed by atoms with van der Waals surface area (Å²) in [6.45, 7) is 1.01. The molecule has 2 heterocycles. The highest BCUT2D eigenvalue weighted by molar-refractivity contribution is 6.04. The van der Waals surface area contributed by atoms with Gasteiger partial charge in [0.2, 0.25) is 0 Å². The van der Waals surface area contributed by atoms with Crippen LogP contribution in [-0.2, 0) is 10.2 Å². The van der Waals surface area contributed by atoms with Crippen LogP contribution in [0, 0.1) is 5.82 Å². The number of hydrogen-bond donors (Lipinski definition) is 0. The van der Waals surface area contributed by atoms with Crippen LogP contribution in [0.3, 0.4) is 0 Å². The van der Waals surface area contributed by atoms with Crippen molar-refractivity contribution in [2.24, 2.45) is 0 Å². The zero-order valence-corrected chi connectivity index (χ0v) is 11.6. The van der Waals surface area contributed by atoms with E-state index in [-0.39, 0.29) is 11.3 Å². The molecule has 0 unspecified atom stereocenters. The summed E-state index contributed by atoms with van der Waals surface area (Å²) in [6.07, 6.45) is 3.68. The van der Waals surface area contributed by atoms with Crippen molar-refractivity contribution in [3.63, 3.8) is 0 Å². The van der Waals surface area contributed by atoms with Gasteiger partial charge in [-0.3, -0.25) is 9.78 Å². The number of carbonyl (C=O) groups is 1. The van der Waals surface area contributed by atoms with Crippen molar-refractivity contribution in [3.8, 4) is 0 Å². The molecular formula is C17H16FNO2. The molecule has 3 nitrogen and oxygen atoms in total. The lowest BCUT2D eigenvalue weighted by Gasteiger charge is -2.36. The first-order chi connectivity index (χ1) is 10.2. The van der Waals surface area contributed by atoms with E-state index in [4.69, 9.17) is 4.74 Å². The number of aromatic nitrogens is 1. The van der Waals surface area contributed by atoms with Gasteiger partial charge >= 0.3 is 0 Å². The van der Waals surface area contributed by atoms with Gasteiger partial charge in [0, 0.05) is 19.4 Å². The normalized spacial score (nSPS) is 17.4. The lowest BCUT2D eigenvalue weighted by molar-refractivity contribution is 0.0421. The first-order valence-electron chi connectivity index (χ1n) is 7.02. The second-order valence-corrected chi connectivity index (χ2v) is 5.25. The monoisotopic (exact) mass is 285 g/mol. The number of pyridine rings is 1. The number of carbonyl (C=O) groups excluding carboxylic acids is 1. The Bertz CT molecular complexity index is 636. The molecule has 1 fully saturated rings. The summed E-state index contributed by atoms with van der Waals surface area (Å²) in [5.41, 5.74) is 0.326. The molecule has 0 aliphatic carbocycles. The quantitative estimate of drug-likeness (QED) is 0.813. The third-order valence-corrected chi connectivity index (χ3v) is 4.12. The molecule has 0 bridgehead atoms. The van der Waals surface area contributed by atoms with Gasteiger partial charge in [-0.25, -0.2) is 4.39 Å². The minimum Gasteiger partial charge on any atom is -0.381 e. The first-order valence-corrected chi connectivity index (χ1v) is 7.02. The molecule has 21 heavy (non-hydrogen) atoms. The Morgan fingerprint density at radius 1 is 1.14 bits per heavy atom. The number of ketones is 1. The van der Waals surface area contributed by atoms with Crippen molar-refractivity contribution in [2.45, 2.75) is 18.3 Å². The molecule has 4 heteroatoms. The third kappa shape index (κ3) is 2.47. The van der Waals surface area contributed by atoms with Crippen molar-refractivity contribution in [3.05, 3.63) is 65.7 Å². The Morgan fingerprint density at radius 3 is 2.52 bits per heavy atom. The molecule has 1 saturated heterocycles. The average Bonchev–Trinajstić information content (AvgIpc) is 2.56. The minimum atomic E-state index is -0.707. The standard InChI is InChI=1S/C17H16FNO2/c18-15-12-19-9-6-14(15)16(20)17(7-10-21-11-8-17)13-4-2-1-3-5-13/h1-6,9,12H,7-8,10-11H2. The molecular weight excluding hydrogens is 269 g/mol. The van der Waals surface area contributed by atoms with Gasteiger partial charge in [0.25, 0.3) is 0 Å². The van der Waals surface area contributed by atoms with Crippen LogP contribution >= 0.6 is 0 Å². The fourth-order valence-corrected chi connectivity index (χ4v) is 2.94. The van der Waals surface area contributed by atoms with Gasteiger partial charge in [-0.15, -0.1) is 0 Å². The average molecular weight is 285 g/mol. The summed E-state index contributed by atoms with van der Waals surface area (Å²) in [4.78, 5) is 16.7. The second-order valence-electron chi connectivity index (χ2n) is 5.25. The Hall–Kier alpha value is -2.07. The van der Waals surface area contributed by atoms with Crippen molar-refractivity contribution in [1.29, 1.82) is 0 Å². The molecule has 0 N–H and O–H groups in total. The summed E-state index contributed by atoms with van der Waals surface area (Å²) in [6, 6.07) is 11.0. The molecule has 3 rings (SSSR count). The fourth-order valence-electron chi connectivity index (χ4n) is 2.94. The maximum atomic E-state index is 14.0. The maximum Gasteiger partial charge on any atom is 0.176 e. The lowest BCUT2D eigenvalue weighted by atomic mass is 9.69. The Balaban J connectivity index is 2.08. The van der Waals surface area contributed by atoms with Gasteiger partial charge < -0.3 is 4.74 Å². The van der Waals surface area contributed by atoms with Crippen LogP contribution in [0.5, 0.6) is 0 Å². The van der Waals surface area contributed by atoms with Crippen LogP contribution in [0.1, 0.15) is 28.8 Å². The molecule has 0 spiro atoms. The largest absolute Gasteiger partial charge is 0.381 e. The van der Waals surface area contributed by atoms with Gasteiger partial charge in [0.05, 0.1) is 17.2 Å². The predicted molar refractivity (Wildman–Crippen MR) is 76.7 cm³/mol. The molecule has 2 aromatic rings. The fraction of sp³-hybridized carbons (Fsp3) is 0.294. The molecule has 0 amide bonds. The zero-order valence-electron chi connectivity index (χ0n) is 11.6. The molecule has 0 saturated carbocycles. The van der Waals surface area contributed by atoms with E-state index in [0.717, 1.165) is 11.8 Å². The third-order valence-electron chi connectivity index (χ3n) is 4.12. The molecule has 1 aliphatic heterocycles. The lowest BCUT2D eigenvalue weighted by Crippen LogP contribution is -2.41. The van der Waals surface area contributed by atoms with Crippen LogP contribution in [0.4, 0.5) is 4.39 Å². The van der Waals surface area contributed by atoms with E-state index in [1.54, 1.807) is 0 Å². The molecule has 108 valence electrons. The van der Waals surface area contributed by atoms with Gasteiger partial charge in [0.15, 0.2) is 11.6 Å². The van der Waals surface area contributed by atoms with E-state index in [0.29, 0.717) is 26.1 Å². The molecule has 0 atom stereocenters. The number of benzene rings is 1. The van der Waals surface area contributed by atoms with Crippen LogP contribution < -0.4 is 0 Å². The molecule has 1 aromatic heterocycles. The number of hydrogen-bond acceptors (Lipinski definition) is 3. The Morgan fingerprint density at radius 2 is 1.86 bits per heavy atom. The number of ether oxygens (including phenoxy) is 1. The van der Waals surface area contributed by atoms with E-state index in [2.05, 4.69) is 4.98 Å². The summed E-state index contributed by atoms with van der Waals surface area (Å²) in [5, 5.41) is 0. The van der Waals surface area contributed by atoms with E-state index in [1.165, 1.54) is 12.3 Å². The number of halogens is 1. The van der Waals surface area contributed by atoms with E-state index in [1.807, 2.05) is 30.3 Å². The number of Topliss-reactive ketones (excluding diaryl/α,β-unsaturated/α-hetero) is 1. The highest BCUT2D eigenvalue weighted by Gasteiger charge is 2.42. The van der Waals surface area contributed by atoms with Crippen molar-refractivity contribution in [1.82, 2.24) is 4.98 Å². The SMILES string of the molecule is O=C(c1ccncc1F)C1(c2ccccc2)CCOCC1. The summed E-state index contributed by atoms with van der Waals surface area (Å²) in [7, 11) is 0. The Kier molecular flexibility index (Phi) is 3.80. The van der Waals surface area contributed by atoms with Gasteiger partial charge in [-0.1, -0.05) is 30.3 Å². The van der Waals surface area contributed by atoms with Crippen LogP contribution in [0.15, 0.2) is 48.8 Å². The van der Waals surface area contributed by atoms with Crippen LogP contribution in [-0.4, -0.2) is 24.0 Å². The van der Waals surface area contributed by atoms with Gasteiger partial charge in [-0.2, -0.15) is 0 Å². The number of rotatable bonds is 3. The zero-order chi connectivity index (χ0) is 14.7. The smallest absolute Gasteiger partial charge is 0.176 e. The first kappa shape index (κ1) is 13.9. The van der Waals surface area contributed by atoms with Gasteiger partial charge in [0.1, 0.15) is 0 Å². The van der Waals surface area contributed by atoms with Crippen molar-refractivity contribution < 1.29 is 13.9 Å². The highest BCUT2D eigenvalue weighted by Crippen LogP contribution is 2.38. The topological polar surface area (TPSA) is 39.2 Å². The summed E-state index contributed by atoms with van der Waals surface area (Å²) >= 11 is 0. The predicted octanol–water partition coefficient (Wildman–Crippen LogP) is 3.15. The van der Waals surface area contributed by atoms with E-state index < -0.39 is 11.2 Å². The van der Waals surface area contributed by atoms with Crippen LogP contribution in [0.25, 0.3) is 0 Å². The van der Waals surface area contributed by atoms with Crippen LogP contribution in [0.2, 0.25) is 0 Å². The maximum absolute atomic E-state index is 14.0. The number of nitrogens with zero attached hydrogens (tertiary/aromatic N) is 1. The van der Waals surface area contributed by atoms with Gasteiger partial charge in [-0.05, 0) is 24.5 Å². The highest BCUT2D eigenvalue weighted by atomic mass is 19.1. The molecule has 1 aromatic carbocycles. The van der Waals surface area contributed by atoms with Crippen molar-refractivity contribution in [2.75, 3.05) is 13.2 Å². The second kappa shape index (κ2) is 5.74. The van der Waals surface area contributed by atoms with Crippen molar-refractivity contribution >= 4 is 5.78 Å². The van der Waals surface area contributed by atoms with E-state index >= 15 is 0 Å².